The second-order valence-electron chi connectivity index (χ2n) is 9.82. The van der Waals surface area contributed by atoms with Gasteiger partial charge in [-0.1, -0.05) is 26.3 Å². The van der Waals surface area contributed by atoms with E-state index < -0.39 is 5.97 Å². The fourth-order valence-electron chi connectivity index (χ4n) is 7.59. The van der Waals surface area contributed by atoms with Crippen LogP contribution in [0.25, 0.3) is 0 Å². The summed E-state index contributed by atoms with van der Waals surface area (Å²) < 4.78 is 0. The Morgan fingerprint density at radius 3 is 2.60 bits per heavy atom. The van der Waals surface area contributed by atoms with E-state index in [4.69, 9.17) is 0 Å². The molecule has 0 aromatic heterocycles. The SMILES string of the molecule is C[C@H](C(=O)O)[C@H]1CC[C@H]2[C@@H]3CCC4=CC(=O)CC[C@]4(C)[C@H]3CC[C@]12C. The highest BCUT2D eigenvalue weighted by molar-refractivity contribution is 5.91. The maximum atomic E-state index is 11.9. The largest absolute Gasteiger partial charge is 0.481 e. The number of carboxylic acid groups (broad SMARTS) is 1. The summed E-state index contributed by atoms with van der Waals surface area (Å²) in [5, 5.41) is 9.56. The Hall–Kier alpha value is -1.12. The molecule has 25 heavy (non-hydrogen) atoms. The molecule has 0 radical (unpaired) electrons. The summed E-state index contributed by atoms with van der Waals surface area (Å²) in [5.74, 6) is 1.89. The van der Waals surface area contributed by atoms with Gasteiger partial charge in [0.25, 0.3) is 0 Å². The Balaban J connectivity index is 1.63. The highest BCUT2D eigenvalue weighted by atomic mass is 16.4. The molecule has 4 rings (SSSR count). The first-order valence-electron chi connectivity index (χ1n) is 10.2. The van der Waals surface area contributed by atoms with Crippen molar-refractivity contribution in [2.45, 2.75) is 72.1 Å². The van der Waals surface area contributed by atoms with Crippen LogP contribution >= 0.6 is 0 Å². The minimum atomic E-state index is -0.624. The van der Waals surface area contributed by atoms with Gasteiger partial charge in [0.05, 0.1) is 5.92 Å². The smallest absolute Gasteiger partial charge is 0.306 e. The van der Waals surface area contributed by atoms with Crippen molar-refractivity contribution in [2.24, 2.45) is 40.4 Å². The lowest BCUT2D eigenvalue weighted by atomic mass is 9.46. The van der Waals surface area contributed by atoms with E-state index in [9.17, 15) is 14.7 Å². The van der Waals surface area contributed by atoms with Gasteiger partial charge in [0, 0.05) is 6.42 Å². The second-order valence-corrected chi connectivity index (χ2v) is 9.82. The third-order valence-corrected chi connectivity index (χ3v) is 9.03. The molecule has 3 fully saturated rings. The van der Waals surface area contributed by atoms with E-state index in [1.807, 2.05) is 13.0 Å². The maximum absolute atomic E-state index is 11.9. The van der Waals surface area contributed by atoms with Gasteiger partial charge in [-0.15, -0.1) is 0 Å². The molecule has 138 valence electrons. The molecule has 0 unspecified atom stereocenters. The minimum Gasteiger partial charge on any atom is -0.481 e. The second kappa shape index (κ2) is 5.69. The Morgan fingerprint density at radius 1 is 1.12 bits per heavy atom. The van der Waals surface area contributed by atoms with Crippen LogP contribution in [0, 0.1) is 40.4 Å². The number of aliphatic carboxylic acids is 1. The molecule has 0 spiro atoms. The summed E-state index contributed by atoms with van der Waals surface area (Å²) in [6.45, 7) is 6.72. The molecule has 3 nitrogen and oxygen atoms in total. The van der Waals surface area contributed by atoms with E-state index in [0.29, 0.717) is 30.0 Å². The Kier molecular flexibility index (Phi) is 3.94. The van der Waals surface area contributed by atoms with Crippen LogP contribution in [0.5, 0.6) is 0 Å². The molecule has 0 aromatic carbocycles. The first-order chi connectivity index (χ1) is 11.8. The van der Waals surface area contributed by atoms with Crippen molar-refractivity contribution in [1.82, 2.24) is 0 Å². The van der Waals surface area contributed by atoms with Crippen LogP contribution in [0.3, 0.4) is 0 Å². The molecule has 1 N–H and O–H groups in total. The van der Waals surface area contributed by atoms with Gasteiger partial charge in [0.2, 0.25) is 0 Å². The minimum absolute atomic E-state index is 0.195. The van der Waals surface area contributed by atoms with Gasteiger partial charge >= 0.3 is 5.97 Å². The molecular weight excluding hydrogens is 312 g/mol. The van der Waals surface area contributed by atoms with Crippen molar-refractivity contribution >= 4 is 11.8 Å². The van der Waals surface area contributed by atoms with Crippen molar-refractivity contribution < 1.29 is 14.7 Å². The van der Waals surface area contributed by atoms with Gasteiger partial charge < -0.3 is 5.11 Å². The Labute approximate surface area is 151 Å². The number of fused-ring (bicyclic) bond motifs is 5. The summed E-state index contributed by atoms with van der Waals surface area (Å²) in [6, 6.07) is 0. The number of hydrogen-bond donors (Lipinski definition) is 1. The number of allylic oxidation sites excluding steroid dienone is 1. The molecule has 0 heterocycles. The Bertz CT molecular complexity index is 635. The number of carbonyl (C=O) groups is 2. The lowest BCUT2D eigenvalue weighted by Crippen LogP contribution is -2.51. The molecule has 0 bridgehead atoms. The summed E-state index contributed by atoms with van der Waals surface area (Å²) >= 11 is 0. The summed E-state index contributed by atoms with van der Waals surface area (Å²) in [4.78, 5) is 23.5. The van der Waals surface area contributed by atoms with Gasteiger partial charge in [-0.05, 0) is 85.5 Å². The van der Waals surface area contributed by atoms with E-state index in [1.54, 1.807) is 0 Å². The predicted octanol–water partition coefficient (Wildman–Crippen LogP) is 4.86. The van der Waals surface area contributed by atoms with Gasteiger partial charge in [-0.3, -0.25) is 9.59 Å². The number of carbonyl (C=O) groups excluding carboxylic acids is 1. The van der Waals surface area contributed by atoms with Crippen LogP contribution in [0.2, 0.25) is 0 Å². The van der Waals surface area contributed by atoms with Crippen molar-refractivity contribution in [2.75, 3.05) is 0 Å². The zero-order valence-corrected chi connectivity index (χ0v) is 15.9. The molecule has 4 aliphatic rings. The molecule has 0 aromatic rings. The molecule has 0 saturated heterocycles. The van der Waals surface area contributed by atoms with Gasteiger partial charge in [0.1, 0.15) is 0 Å². The van der Waals surface area contributed by atoms with Crippen molar-refractivity contribution in [1.29, 1.82) is 0 Å². The first-order valence-corrected chi connectivity index (χ1v) is 10.2. The predicted molar refractivity (Wildman–Crippen MR) is 97.0 cm³/mol. The van der Waals surface area contributed by atoms with Crippen molar-refractivity contribution in [3.8, 4) is 0 Å². The maximum Gasteiger partial charge on any atom is 0.306 e. The molecule has 3 saturated carbocycles. The highest BCUT2D eigenvalue weighted by Crippen LogP contribution is 2.67. The zero-order chi connectivity index (χ0) is 18.0. The lowest BCUT2D eigenvalue weighted by Gasteiger charge is -2.58. The van der Waals surface area contributed by atoms with Crippen LogP contribution in [0.1, 0.15) is 72.1 Å². The number of hydrogen-bond acceptors (Lipinski definition) is 2. The number of carboxylic acids is 1. The monoisotopic (exact) mass is 344 g/mol. The third-order valence-electron chi connectivity index (χ3n) is 9.03. The molecule has 3 heteroatoms. The van der Waals surface area contributed by atoms with Crippen LogP contribution in [-0.2, 0) is 9.59 Å². The van der Waals surface area contributed by atoms with Crippen LogP contribution in [0.15, 0.2) is 11.6 Å². The standard InChI is InChI=1S/C22H32O3/c1-13(20(24)25)17-6-7-18-16-5-4-14-12-15(23)8-10-21(14,2)19(16)9-11-22(17,18)3/h12-13,16-19H,4-11H2,1-3H3,(H,24,25)/t13-,16-,17+,18-,19-,21-,22+/m0/s1. The molecule has 4 aliphatic carbocycles. The van der Waals surface area contributed by atoms with E-state index in [1.165, 1.54) is 24.8 Å². The highest BCUT2D eigenvalue weighted by Gasteiger charge is 2.60. The molecular formula is C22H32O3. The molecule has 0 aliphatic heterocycles. The fraction of sp³-hybridized carbons (Fsp3) is 0.818. The number of rotatable bonds is 2. The summed E-state index contributed by atoms with van der Waals surface area (Å²) in [5.41, 5.74) is 1.83. The summed E-state index contributed by atoms with van der Waals surface area (Å²) in [6.07, 6.45) is 10.6. The molecule has 7 atom stereocenters. The van der Waals surface area contributed by atoms with E-state index in [2.05, 4.69) is 13.8 Å². The van der Waals surface area contributed by atoms with E-state index >= 15 is 0 Å². The average Bonchev–Trinajstić information content (AvgIpc) is 2.92. The summed E-state index contributed by atoms with van der Waals surface area (Å²) in [7, 11) is 0. The topological polar surface area (TPSA) is 54.4 Å². The van der Waals surface area contributed by atoms with Gasteiger partial charge in [0.15, 0.2) is 5.78 Å². The quantitative estimate of drug-likeness (QED) is 0.778. The van der Waals surface area contributed by atoms with Gasteiger partial charge in [-0.2, -0.15) is 0 Å². The lowest BCUT2D eigenvalue weighted by molar-refractivity contribution is -0.146. The Morgan fingerprint density at radius 2 is 1.88 bits per heavy atom. The van der Waals surface area contributed by atoms with E-state index in [-0.39, 0.29) is 16.7 Å². The first kappa shape index (κ1) is 17.3. The van der Waals surface area contributed by atoms with Crippen LogP contribution < -0.4 is 0 Å². The van der Waals surface area contributed by atoms with Crippen LogP contribution in [0.4, 0.5) is 0 Å². The van der Waals surface area contributed by atoms with E-state index in [0.717, 1.165) is 31.6 Å². The zero-order valence-electron chi connectivity index (χ0n) is 15.9. The average molecular weight is 344 g/mol. The fourth-order valence-corrected chi connectivity index (χ4v) is 7.59. The van der Waals surface area contributed by atoms with Gasteiger partial charge in [-0.25, -0.2) is 0 Å². The third kappa shape index (κ3) is 2.37. The number of ketones is 1. The van der Waals surface area contributed by atoms with Crippen LogP contribution in [-0.4, -0.2) is 16.9 Å². The normalized spacial score (nSPS) is 47.3. The van der Waals surface area contributed by atoms with Crippen molar-refractivity contribution in [3.63, 3.8) is 0 Å². The van der Waals surface area contributed by atoms with Crippen molar-refractivity contribution in [3.05, 3.63) is 11.6 Å². The molecule has 0 amide bonds.